The van der Waals surface area contributed by atoms with E-state index in [1.807, 2.05) is 29.9 Å². The highest BCUT2D eigenvalue weighted by Gasteiger charge is 2.22. The lowest BCUT2D eigenvalue weighted by atomic mass is 10.2. The molecule has 4 heterocycles. The minimum Gasteiger partial charge on any atom is -0.353 e. The van der Waals surface area contributed by atoms with E-state index >= 15 is 0 Å². The molecular weight excluding hydrogens is 338 g/mol. The molecule has 0 saturated carbocycles. The van der Waals surface area contributed by atoms with Crippen molar-refractivity contribution in [3.05, 3.63) is 40.9 Å². The molecule has 1 saturated heterocycles. The number of aryl methyl sites for hydroxylation is 2. The zero-order valence-corrected chi connectivity index (χ0v) is 15.3. The monoisotopic (exact) mass is 359 g/mol. The van der Waals surface area contributed by atoms with E-state index in [2.05, 4.69) is 31.9 Å². The summed E-state index contributed by atoms with van der Waals surface area (Å²) in [6, 6.07) is 4.06. The summed E-state index contributed by atoms with van der Waals surface area (Å²) in [5.41, 5.74) is 3.14. The van der Waals surface area contributed by atoms with Crippen molar-refractivity contribution in [1.82, 2.24) is 29.3 Å². The van der Waals surface area contributed by atoms with Gasteiger partial charge in [0.15, 0.2) is 5.65 Å². The molecule has 3 aromatic heterocycles. The molecule has 4 rings (SSSR count). The Morgan fingerprint density at radius 1 is 1.12 bits per heavy atom. The first-order valence-electron chi connectivity index (χ1n) is 8.63. The largest absolute Gasteiger partial charge is 0.353 e. The molecule has 0 aromatic carbocycles. The van der Waals surface area contributed by atoms with Crippen LogP contribution >= 0.6 is 11.6 Å². The van der Waals surface area contributed by atoms with Gasteiger partial charge in [-0.15, -0.1) is 5.10 Å². The van der Waals surface area contributed by atoms with Crippen molar-refractivity contribution in [2.45, 2.75) is 19.9 Å². The van der Waals surface area contributed by atoms with Gasteiger partial charge in [-0.25, -0.2) is 9.50 Å². The zero-order valence-electron chi connectivity index (χ0n) is 14.6. The highest BCUT2D eigenvalue weighted by atomic mass is 35.5. The maximum atomic E-state index is 6.43. The maximum Gasteiger partial charge on any atom is 0.153 e. The van der Waals surface area contributed by atoms with E-state index in [1.54, 1.807) is 10.9 Å². The Morgan fingerprint density at radius 2 is 1.92 bits per heavy atom. The summed E-state index contributed by atoms with van der Waals surface area (Å²) in [4.78, 5) is 9.00. The fourth-order valence-corrected chi connectivity index (χ4v) is 3.58. The summed E-state index contributed by atoms with van der Waals surface area (Å²) >= 11 is 6.43. The van der Waals surface area contributed by atoms with Gasteiger partial charge in [0.2, 0.25) is 0 Å². The van der Waals surface area contributed by atoms with E-state index in [9.17, 15) is 0 Å². The summed E-state index contributed by atoms with van der Waals surface area (Å²) in [6.07, 6.45) is 4.56. The SMILES string of the molecule is CCc1nn(C)c(Cl)c1CN1CCN(c2ccc3nccn3n2)CC1. The fraction of sp³-hybridized carbons (Fsp3) is 0.471. The minimum atomic E-state index is 0.756. The maximum absolute atomic E-state index is 6.43. The molecule has 0 radical (unpaired) electrons. The van der Waals surface area contributed by atoms with Crippen LogP contribution in [0.3, 0.4) is 0 Å². The van der Waals surface area contributed by atoms with Crippen molar-refractivity contribution < 1.29 is 0 Å². The van der Waals surface area contributed by atoms with E-state index in [0.29, 0.717) is 0 Å². The van der Waals surface area contributed by atoms with Gasteiger partial charge in [-0.3, -0.25) is 9.58 Å². The average Bonchev–Trinajstić information content (AvgIpc) is 3.21. The smallest absolute Gasteiger partial charge is 0.153 e. The third-order valence-corrected chi connectivity index (χ3v) is 5.28. The quantitative estimate of drug-likeness (QED) is 0.713. The molecule has 3 aromatic rings. The lowest BCUT2D eigenvalue weighted by Gasteiger charge is -2.35. The van der Waals surface area contributed by atoms with Crippen molar-refractivity contribution in [2.24, 2.45) is 7.05 Å². The Kier molecular flexibility index (Phi) is 4.35. The third kappa shape index (κ3) is 3.09. The first-order chi connectivity index (χ1) is 12.2. The third-order valence-electron chi connectivity index (χ3n) is 4.81. The molecule has 0 aliphatic carbocycles. The Balaban J connectivity index is 1.43. The molecule has 0 spiro atoms. The second kappa shape index (κ2) is 6.65. The standard InChI is InChI=1S/C17H22ClN7/c1-3-14-13(17(18)22(2)20-14)12-23-8-10-24(11-9-23)16-5-4-15-19-6-7-25(15)21-16/h4-7H,3,8-12H2,1-2H3. The molecule has 0 bridgehead atoms. The van der Waals surface area contributed by atoms with Crippen molar-refractivity contribution in [3.8, 4) is 0 Å². The molecule has 132 valence electrons. The topological polar surface area (TPSA) is 54.5 Å². The zero-order chi connectivity index (χ0) is 17.4. The van der Waals surface area contributed by atoms with Crippen molar-refractivity contribution in [3.63, 3.8) is 0 Å². The van der Waals surface area contributed by atoms with E-state index in [1.165, 1.54) is 0 Å². The molecule has 1 aliphatic heterocycles. The predicted octanol–water partition coefficient (Wildman–Crippen LogP) is 2.00. The number of imidazole rings is 1. The predicted molar refractivity (Wildman–Crippen MR) is 98.1 cm³/mol. The number of anilines is 1. The van der Waals surface area contributed by atoms with Gasteiger partial charge < -0.3 is 4.90 Å². The van der Waals surface area contributed by atoms with Crippen LogP contribution in [0.25, 0.3) is 5.65 Å². The van der Waals surface area contributed by atoms with Crippen LogP contribution in [0, 0.1) is 0 Å². The molecule has 0 atom stereocenters. The number of halogens is 1. The van der Waals surface area contributed by atoms with E-state index in [-0.39, 0.29) is 0 Å². The number of aromatic nitrogens is 5. The van der Waals surface area contributed by atoms with Gasteiger partial charge in [0, 0.05) is 57.7 Å². The number of hydrogen-bond donors (Lipinski definition) is 0. The second-order valence-corrected chi connectivity index (χ2v) is 6.74. The van der Waals surface area contributed by atoms with Crippen molar-refractivity contribution >= 4 is 23.1 Å². The number of fused-ring (bicyclic) bond motifs is 1. The van der Waals surface area contributed by atoms with Crippen LogP contribution < -0.4 is 4.90 Å². The highest BCUT2D eigenvalue weighted by molar-refractivity contribution is 6.30. The first-order valence-corrected chi connectivity index (χ1v) is 9.01. The van der Waals surface area contributed by atoms with Crippen LogP contribution in [0.15, 0.2) is 24.5 Å². The highest BCUT2D eigenvalue weighted by Crippen LogP contribution is 2.23. The summed E-state index contributed by atoms with van der Waals surface area (Å²) in [5, 5.41) is 9.91. The Hall–Kier alpha value is -2.12. The normalized spacial score (nSPS) is 16.0. The summed E-state index contributed by atoms with van der Waals surface area (Å²) in [7, 11) is 1.90. The van der Waals surface area contributed by atoms with E-state index in [0.717, 1.165) is 67.0 Å². The van der Waals surface area contributed by atoms with Crippen LogP contribution in [0.2, 0.25) is 5.15 Å². The van der Waals surface area contributed by atoms with Crippen LogP contribution in [0.4, 0.5) is 5.82 Å². The Labute approximate surface area is 151 Å². The van der Waals surface area contributed by atoms with Gasteiger partial charge in [0.1, 0.15) is 11.0 Å². The average molecular weight is 360 g/mol. The number of piperazine rings is 1. The molecular formula is C17H22ClN7. The van der Waals surface area contributed by atoms with Crippen LogP contribution in [0.1, 0.15) is 18.2 Å². The lowest BCUT2D eigenvalue weighted by Crippen LogP contribution is -2.46. The number of hydrogen-bond acceptors (Lipinski definition) is 5. The van der Waals surface area contributed by atoms with Crippen LogP contribution in [0.5, 0.6) is 0 Å². The van der Waals surface area contributed by atoms with Crippen molar-refractivity contribution in [2.75, 3.05) is 31.1 Å². The molecule has 0 amide bonds. The van der Waals surface area contributed by atoms with E-state index < -0.39 is 0 Å². The molecule has 7 nitrogen and oxygen atoms in total. The number of rotatable bonds is 4. The molecule has 25 heavy (non-hydrogen) atoms. The first kappa shape index (κ1) is 16.4. The molecule has 8 heteroatoms. The fourth-order valence-electron chi connectivity index (χ4n) is 3.37. The van der Waals surface area contributed by atoms with Gasteiger partial charge in [-0.2, -0.15) is 5.10 Å². The van der Waals surface area contributed by atoms with Crippen molar-refractivity contribution in [1.29, 1.82) is 0 Å². The second-order valence-electron chi connectivity index (χ2n) is 6.38. The molecule has 0 N–H and O–H groups in total. The van der Waals surface area contributed by atoms with E-state index in [4.69, 9.17) is 11.6 Å². The molecule has 1 aliphatic rings. The Bertz CT molecular complexity index is 876. The lowest BCUT2D eigenvalue weighted by molar-refractivity contribution is 0.248. The van der Waals surface area contributed by atoms with Crippen LogP contribution in [-0.4, -0.2) is 55.5 Å². The van der Waals surface area contributed by atoms with Crippen LogP contribution in [-0.2, 0) is 20.0 Å². The van der Waals surface area contributed by atoms with Gasteiger partial charge in [-0.05, 0) is 18.6 Å². The summed E-state index contributed by atoms with van der Waals surface area (Å²) < 4.78 is 3.60. The number of nitrogens with zero attached hydrogens (tertiary/aromatic N) is 7. The Morgan fingerprint density at radius 3 is 2.68 bits per heavy atom. The van der Waals surface area contributed by atoms with Gasteiger partial charge in [-0.1, -0.05) is 18.5 Å². The molecule has 0 unspecified atom stereocenters. The molecule has 1 fully saturated rings. The van der Waals surface area contributed by atoms with Gasteiger partial charge in [0.05, 0.1) is 5.69 Å². The van der Waals surface area contributed by atoms with Gasteiger partial charge >= 0.3 is 0 Å². The van der Waals surface area contributed by atoms with Gasteiger partial charge in [0.25, 0.3) is 0 Å². The summed E-state index contributed by atoms with van der Waals surface area (Å²) in [5.74, 6) is 0.999. The minimum absolute atomic E-state index is 0.756. The summed E-state index contributed by atoms with van der Waals surface area (Å²) in [6.45, 7) is 6.85.